The van der Waals surface area contributed by atoms with Gasteiger partial charge in [-0.1, -0.05) is 25.5 Å². The molecule has 1 aromatic carbocycles. The summed E-state index contributed by atoms with van der Waals surface area (Å²) in [6.45, 7) is 2.02. The first kappa shape index (κ1) is 13.4. The highest BCUT2D eigenvalue weighted by molar-refractivity contribution is 5.72. The van der Waals surface area contributed by atoms with Crippen molar-refractivity contribution >= 4 is 5.97 Å². The van der Waals surface area contributed by atoms with E-state index < -0.39 is 12.1 Å². The van der Waals surface area contributed by atoms with Crippen LogP contribution in [0.1, 0.15) is 26.2 Å². The highest BCUT2D eigenvalue weighted by Crippen LogP contribution is 2.27. The number of rotatable bonds is 7. The molecule has 0 fully saturated rings. The van der Waals surface area contributed by atoms with Gasteiger partial charge in [0, 0.05) is 0 Å². The van der Waals surface area contributed by atoms with Gasteiger partial charge in [-0.15, -0.1) is 0 Å². The minimum absolute atomic E-state index is 0.471. The smallest absolute Gasteiger partial charge is 0.344 e. The molecule has 1 rings (SSSR count). The largest absolute Gasteiger partial charge is 0.493 e. The van der Waals surface area contributed by atoms with Gasteiger partial charge in [-0.3, -0.25) is 0 Å². The van der Waals surface area contributed by atoms with Crippen molar-refractivity contribution in [1.82, 2.24) is 0 Å². The molecular weight excluding hydrogens is 220 g/mol. The molecule has 0 radical (unpaired) electrons. The van der Waals surface area contributed by atoms with Crippen LogP contribution in [0.5, 0.6) is 11.5 Å². The molecule has 0 amide bonds. The Morgan fingerprint density at radius 3 is 2.53 bits per heavy atom. The lowest BCUT2D eigenvalue weighted by molar-refractivity contribution is -0.145. The highest BCUT2D eigenvalue weighted by Gasteiger charge is 2.20. The zero-order valence-corrected chi connectivity index (χ0v) is 10.2. The molecular formula is C13H18O4. The van der Waals surface area contributed by atoms with E-state index in [2.05, 4.69) is 0 Å². The second kappa shape index (κ2) is 6.78. The Labute approximate surface area is 101 Å². The van der Waals surface area contributed by atoms with Crippen molar-refractivity contribution in [3.63, 3.8) is 0 Å². The SMILES string of the molecule is CCCCC(Oc1ccccc1OC)C(=O)O. The summed E-state index contributed by atoms with van der Waals surface area (Å²) < 4.78 is 10.6. The van der Waals surface area contributed by atoms with E-state index in [-0.39, 0.29) is 0 Å². The summed E-state index contributed by atoms with van der Waals surface area (Å²) in [5.41, 5.74) is 0. The summed E-state index contributed by atoms with van der Waals surface area (Å²) in [6.07, 6.45) is 1.46. The number of hydrogen-bond acceptors (Lipinski definition) is 3. The van der Waals surface area contributed by atoms with E-state index in [9.17, 15) is 4.79 Å². The molecule has 4 heteroatoms. The van der Waals surface area contributed by atoms with Crippen molar-refractivity contribution in [2.75, 3.05) is 7.11 Å². The lowest BCUT2D eigenvalue weighted by atomic mass is 10.1. The number of hydrogen-bond donors (Lipinski definition) is 1. The second-order valence-electron chi connectivity index (χ2n) is 3.74. The molecule has 0 aliphatic heterocycles. The number of para-hydroxylation sites is 2. The van der Waals surface area contributed by atoms with Crippen molar-refractivity contribution < 1.29 is 19.4 Å². The first-order chi connectivity index (χ1) is 8.19. The topological polar surface area (TPSA) is 55.8 Å². The molecule has 0 bridgehead atoms. The number of aliphatic carboxylic acids is 1. The fraction of sp³-hybridized carbons (Fsp3) is 0.462. The van der Waals surface area contributed by atoms with Crippen molar-refractivity contribution in [2.24, 2.45) is 0 Å². The molecule has 0 spiro atoms. The fourth-order valence-corrected chi connectivity index (χ4v) is 1.49. The molecule has 0 aliphatic rings. The molecule has 0 aliphatic carbocycles. The van der Waals surface area contributed by atoms with Gasteiger partial charge >= 0.3 is 5.97 Å². The molecule has 0 heterocycles. The van der Waals surface area contributed by atoms with E-state index in [1.165, 1.54) is 7.11 Å². The van der Waals surface area contributed by atoms with Gasteiger partial charge in [0.2, 0.25) is 0 Å². The van der Waals surface area contributed by atoms with Crippen LogP contribution in [-0.2, 0) is 4.79 Å². The van der Waals surface area contributed by atoms with Crippen LogP contribution in [-0.4, -0.2) is 24.3 Å². The predicted molar refractivity (Wildman–Crippen MR) is 64.6 cm³/mol. The molecule has 1 atom stereocenters. The van der Waals surface area contributed by atoms with Gasteiger partial charge in [0.25, 0.3) is 0 Å². The van der Waals surface area contributed by atoms with Gasteiger partial charge in [0.1, 0.15) is 0 Å². The van der Waals surface area contributed by atoms with Crippen molar-refractivity contribution in [3.8, 4) is 11.5 Å². The van der Waals surface area contributed by atoms with Crippen molar-refractivity contribution in [2.45, 2.75) is 32.3 Å². The van der Waals surface area contributed by atoms with Crippen LogP contribution in [0.3, 0.4) is 0 Å². The lowest BCUT2D eigenvalue weighted by Gasteiger charge is -2.16. The normalized spacial score (nSPS) is 11.9. The van der Waals surface area contributed by atoms with E-state index >= 15 is 0 Å². The number of carbonyl (C=O) groups is 1. The van der Waals surface area contributed by atoms with Gasteiger partial charge in [0.15, 0.2) is 17.6 Å². The van der Waals surface area contributed by atoms with Crippen LogP contribution in [0.4, 0.5) is 0 Å². The molecule has 1 aromatic rings. The lowest BCUT2D eigenvalue weighted by Crippen LogP contribution is -2.27. The third-order valence-electron chi connectivity index (χ3n) is 2.43. The molecule has 1 unspecified atom stereocenters. The van der Waals surface area contributed by atoms with Crippen LogP contribution in [0.2, 0.25) is 0 Å². The van der Waals surface area contributed by atoms with Gasteiger partial charge in [0.05, 0.1) is 7.11 Å². The third-order valence-corrected chi connectivity index (χ3v) is 2.43. The van der Waals surface area contributed by atoms with E-state index in [0.29, 0.717) is 17.9 Å². The maximum Gasteiger partial charge on any atom is 0.344 e. The van der Waals surface area contributed by atoms with Crippen LogP contribution in [0.15, 0.2) is 24.3 Å². The van der Waals surface area contributed by atoms with Crippen molar-refractivity contribution in [1.29, 1.82) is 0 Å². The molecule has 94 valence electrons. The summed E-state index contributed by atoms with van der Waals surface area (Å²) in [4.78, 5) is 11.0. The average Bonchev–Trinajstić information content (AvgIpc) is 2.34. The second-order valence-corrected chi connectivity index (χ2v) is 3.74. The number of ether oxygens (including phenoxy) is 2. The minimum Gasteiger partial charge on any atom is -0.493 e. The van der Waals surface area contributed by atoms with Crippen LogP contribution < -0.4 is 9.47 Å². The molecule has 0 saturated heterocycles. The summed E-state index contributed by atoms with van der Waals surface area (Å²) in [7, 11) is 1.53. The molecule has 0 aromatic heterocycles. The molecule has 1 N–H and O–H groups in total. The minimum atomic E-state index is -0.940. The Morgan fingerprint density at radius 2 is 2.00 bits per heavy atom. The highest BCUT2D eigenvalue weighted by atomic mass is 16.5. The van der Waals surface area contributed by atoms with E-state index in [4.69, 9.17) is 14.6 Å². The Morgan fingerprint density at radius 1 is 1.35 bits per heavy atom. The Kier molecular flexibility index (Phi) is 5.33. The Hall–Kier alpha value is -1.71. The molecule has 0 saturated carbocycles. The van der Waals surface area contributed by atoms with Gasteiger partial charge < -0.3 is 14.6 Å². The van der Waals surface area contributed by atoms with Gasteiger partial charge in [-0.25, -0.2) is 4.79 Å². The van der Waals surface area contributed by atoms with E-state index in [1.807, 2.05) is 13.0 Å². The standard InChI is InChI=1S/C13H18O4/c1-3-4-7-12(13(14)15)17-11-9-6-5-8-10(11)16-2/h5-6,8-9,12H,3-4,7H2,1-2H3,(H,14,15). The van der Waals surface area contributed by atoms with Gasteiger partial charge in [-0.05, 0) is 25.0 Å². The van der Waals surface area contributed by atoms with Crippen LogP contribution >= 0.6 is 0 Å². The summed E-state index contributed by atoms with van der Waals surface area (Å²) >= 11 is 0. The number of methoxy groups -OCH3 is 1. The Balaban J connectivity index is 2.74. The maximum absolute atomic E-state index is 11.0. The first-order valence-electron chi connectivity index (χ1n) is 5.71. The van der Waals surface area contributed by atoms with Crippen LogP contribution in [0, 0.1) is 0 Å². The zero-order valence-electron chi connectivity index (χ0n) is 10.2. The van der Waals surface area contributed by atoms with E-state index in [1.54, 1.807) is 18.2 Å². The molecule has 4 nitrogen and oxygen atoms in total. The maximum atomic E-state index is 11.0. The monoisotopic (exact) mass is 238 g/mol. The predicted octanol–water partition coefficient (Wildman–Crippen LogP) is 2.72. The van der Waals surface area contributed by atoms with E-state index in [0.717, 1.165) is 12.8 Å². The number of benzene rings is 1. The third kappa shape index (κ3) is 3.98. The van der Waals surface area contributed by atoms with Crippen LogP contribution in [0.25, 0.3) is 0 Å². The fourth-order valence-electron chi connectivity index (χ4n) is 1.49. The summed E-state index contributed by atoms with van der Waals surface area (Å²) in [5.74, 6) is 0.0816. The quantitative estimate of drug-likeness (QED) is 0.793. The van der Waals surface area contributed by atoms with Crippen molar-refractivity contribution in [3.05, 3.63) is 24.3 Å². The molecule has 17 heavy (non-hydrogen) atoms. The number of unbranched alkanes of at least 4 members (excludes halogenated alkanes) is 1. The summed E-state index contributed by atoms with van der Waals surface area (Å²) in [5, 5.41) is 9.06. The van der Waals surface area contributed by atoms with Gasteiger partial charge in [-0.2, -0.15) is 0 Å². The zero-order chi connectivity index (χ0) is 12.7. The Bertz CT molecular complexity index is 362. The first-order valence-corrected chi connectivity index (χ1v) is 5.71. The number of carboxylic acid groups (broad SMARTS) is 1. The summed E-state index contributed by atoms with van der Waals surface area (Å²) in [6, 6.07) is 7.05. The number of carboxylic acids is 1. The average molecular weight is 238 g/mol.